The highest BCUT2D eigenvalue weighted by Crippen LogP contribution is 2.36. The van der Waals surface area contributed by atoms with Gasteiger partial charge in [0.2, 0.25) is 0 Å². The number of hydrogen-bond donors (Lipinski definition) is 0. The lowest BCUT2D eigenvalue weighted by atomic mass is 9.96. The van der Waals surface area contributed by atoms with E-state index < -0.39 is 0 Å². The minimum absolute atomic E-state index is 0.190. The maximum Gasteiger partial charge on any atom is 0.282 e. The zero-order valence-corrected chi connectivity index (χ0v) is 29.2. The normalized spacial score (nSPS) is 11.6. The Bertz CT molecular complexity index is 1930. The maximum absolute atomic E-state index is 13.8. The predicted molar refractivity (Wildman–Crippen MR) is 187 cm³/mol. The van der Waals surface area contributed by atoms with Crippen LogP contribution < -0.4 is 15.0 Å². The molecule has 44 heavy (non-hydrogen) atoms. The second kappa shape index (κ2) is 13.9. The molecule has 0 aliphatic heterocycles. The molecule has 1 aromatic heterocycles. The Labute approximate surface area is 282 Å². The Balaban J connectivity index is 1.56. The summed E-state index contributed by atoms with van der Waals surface area (Å²) in [5.74, 6) is 1.79. The summed E-state index contributed by atoms with van der Waals surface area (Å²) in [4.78, 5) is 18.7. The van der Waals surface area contributed by atoms with E-state index in [1.165, 1.54) is 4.68 Å². The number of fused-ring (bicyclic) bond motifs is 1. The third-order valence-corrected chi connectivity index (χ3v) is 8.80. The van der Waals surface area contributed by atoms with Crippen LogP contribution >= 0.6 is 55.1 Å². The van der Waals surface area contributed by atoms with Gasteiger partial charge in [-0.1, -0.05) is 87.1 Å². The molecular weight excluding hydrogens is 729 g/mol. The molecule has 5 rings (SSSR count). The van der Waals surface area contributed by atoms with Crippen molar-refractivity contribution >= 4 is 72.2 Å². The Morgan fingerprint density at radius 1 is 1.00 bits per heavy atom. The summed E-state index contributed by atoms with van der Waals surface area (Å²) in [5.41, 5.74) is 4.54. The fourth-order valence-electron chi connectivity index (χ4n) is 4.78. The SMILES string of the molecule is CCOc1cc(C)c(-c2nc3ccccc3c(=O)n2N=Cc2cc(Cl)c(OCc3ccc(Br)cc3Br)c(Cl)c2)cc1C(C)C. The average molecular weight is 758 g/mol. The summed E-state index contributed by atoms with van der Waals surface area (Å²) in [6, 6.07) is 20.5. The molecule has 0 saturated carbocycles. The smallest absolute Gasteiger partial charge is 0.282 e. The van der Waals surface area contributed by atoms with Crippen LogP contribution in [0.5, 0.6) is 11.5 Å². The molecule has 0 fully saturated rings. The van der Waals surface area contributed by atoms with Crippen LogP contribution in [0.1, 0.15) is 48.9 Å². The molecule has 0 atom stereocenters. The lowest BCUT2D eigenvalue weighted by Crippen LogP contribution is -2.21. The van der Waals surface area contributed by atoms with Crippen molar-refractivity contribution in [2.45, 2.75) is 40.2 Å². The molecule has 1 heterocycles. The Morgan fingerprint density at radius 2 is 1.73 bits per heavy atom. The first-order valence-corrected chi connectivity index (χ1v) is 16.3. The summed E-state index contributed by atoms with van der Waals surface area (Å²) < 4.78 is 15.1. The molecule has 5 aromatic rings. The van der Waals surface area contributed by atoms with Gasteiger partial charge in [-0.25, -0.2) is 4.98 Å². The van der Waals surface area contributed by atoms with Crippen LogP contribution in [0.25, 0.3) is 22.3 Å². The first-order chi connectivity index (χ1) is 21.1. The molecule has 4 aromatic carbocycles. The van der Waals surface area contributed by atoms with Crippen LogP contribution in [0.2, 0.25) is 10.0 Å². The van der Waals surface area contributed by atoms with E-state index in [1.54, 1.807) is 24.4 Å². The van der Waals surface area contributed by atoms with Crippen molar-refractivity contribution in [3.05, 3.63) is 118 Å². The van der Waals surface area contributed by atoms with E-state index in [0.29, 0.717) is 44.7 Å². The topological polar surface area (TPSA) is 65.7 Å². The highest BCUT2D eigenvalue weighted by Gasteiger charge is 2.19. The van der Waals surface area contributed by atoms with E-state index in [9.17, 15) is 4.79 Å². The number of benzene rings is 4. The van der Waals surface area contributed by atoms with Gasteiger partial charge in [0.1, 0.15) is 12.4 Å². The van der Waals surface area contributed by atoms with Gasteiger partial charge in [0.25, 0.3) is 5.56 Å². The fourth-order valence-corrected chi connectivity index (χ4v) is 6.56. The molecule has 0 radical (unpaired) electrons. The van der Waals surface area contributed by atoms with Crippen LogP contribution in [-0.4, -0.2) is 22.5 Å². The summed E-state index contributed by atoms with van der Waals surface area (Å²) in [6.07, 6.45) is 1.54. The molecule has 0 bridgehead atoms. The molecule has 10 heteroatoms. The van der Waals surface area contributed by atoms with E-state index in [4.69, 9.17) is 37.7 Å². The monoisotopic (exact) mass is 755 g/mol. The molecule has 0 aliphatic carbocycles. The number of ether oxygens (including phenoxy) is 2. The summed E-state index contributed by atoms with van der Waals surface area (Å²) in [5, 5.41) is 5.72. The maximum atomic E-state index is 13.8. The number of hydrogen-bond acceptors (Lipinski definition) is 5. The van der Waals surface area contributed by atoms with Crippen molar-refractivity contribution in [2.24, 2.45) is 5.10 Å². The van der Waals surface area contributed by atoms with E-state index in [-0.39, 0.29) is 18.1 Å². The number of aryl methyl sites for hydroxylation is 1. The highest BCUT2D eigenvalue weighted by atomic mass is 79.9. The fraction of sp³-hybridized carbons (Fsp3) is 0.206. The van der Waals surface area contributed by atoms with Crippen molar-refractivity contribution in [2.75, 3.05) is 6.61 Å². The van der Waals surface area contributed by atoms with Gasteiger partial charge < -0.3 is 9.47 Å². The van der Waals surface area contributed by atoms with E-state index in [0.717, 1.165) is 36.9 Å². The van der Waals surface area contributed by atoms with Crippen LogP contribution in [-0.2, 0) is 6.61 Å². The number of para-hydroxylation sites is 1. The van der Waals surface area contributed by atoms with Gasteiger partial charge in [-0.3, -0.25) is 4.79 Å². The first kappa shape index (κ1) is 32.2. The molecule has 0 N–H and O–H groups in total. The van der Waals surface area contributed by atoms with Gasteiger partial charge in [0.15, 0.2) is 11.6 Å². The Morgan fingerprint density at radius 3 is 2.41 bits per heavy atom. The van der Waals surface area contributed by atoms with E-state index in [2.05, 4.69) is 50.8 Å². The largest absolute Gasteiger partial charge is 0.494 e. The molecule has 0 spiro atoms. The summed E-state index contributed by atoms with van der Waals surface area (Å²) in [6.45, 7) is 8.97. The second-order valence-corrected chi connectivity index (χ2v) is 13.0. The molecular formula is C34H29Br2Cl2N3O3. The molecule has 0 amide bonds. The van der Waals surface area contributed by atoms with Crippen molar-refractivity contribution in [1.82, 2.24) is 9.66 Å². The molecule has 6 nitrogen and oxygen atoms in total. The van der Waals surface area contributed by atoms with E-state index >= 15 is 0 Å². The number of rotatable bonds is 9. The van der Waals surface area contributed by atoms with Crippen LogP contribution in [0.4, 0.5) is 0 Å². The predicted octanol–water partition coefficient (Wildman–Crippen LogP) is 10.2. The Kier molecular flexibility index (Phi) is 10.2. The average Bonchev–Trinajstić information content (AvgIpc) is 2.97. The van der Waals surface area contributed by atoms with Gasteiger partial charge in [-0.2, -0.15) is 9.78 Å². The third-order valence-electron chi connectivity index (χ3n) is 7.00. The molecule has 226 valence electrons. The number of halogens is 4. The Hall–Kier alpha value is -3.17. The standard InChI is InChI=1S/C34H29Br2Cl2N3O3/c1-5-43-31-12-20(4)26(16-25(31)19(2)3)33-40-30-9-7-6-8-24(30)34(42)41(33)39-17-21-13-28(37)32(29(38)14-21)44-18-22-10-11-23(35)15-27(22)36/h6-17,19H,5,18H2,1-4H3. The quantitative estimate of drug-likeness (QED) is 0.141. The summed E-state index contributed by atoms with van der Waals surface area (Å²) >= 11 is 20.2. The zero-order valence-electron chi connectivity index (χ0n) is 24.5. The number of aromatic nitrogens is 2. The molecule has 0 saturated heterocycles. The van der Waals surface area contributed by atoms with Crippen molar-refractivity contribution in [1.29, 1.82) is 0 Å². The van der Waals surface area contributed by atoms with Crippen molar-refractivity contribution < 1.29 is 9.47 Å². The summed E-state index contributed by atoms with van der Waals surface area (Å²) in [7, 11) is 0. The highest BCUT2D eigenvalue weighted by molar-refractivity contribution is 9.11. The van der Waals surface area contributed by atoms with Gasteiger partial charge in [-0.05, 0) is 85.0 Å². The van der Waals surface area contributed by atoms with Gasteiger partial charge in [0, 0.05) is 20.1 Å². The van der Waals surface area contributed by atoms with Gasteiger partial charge >= 0.3 is 0 Å². The van der Waals surface area contributed by atoms with Crippen LogP contribution in [0, 0.1) is 6.92 Å². The lowest BCUT2D eigenvalue weighted by molar-refractivity contribution is 0.306. The van der Waals surface area contributed by atoms with Gasteiger partial charge in [-0.15, -0.1) is 0 Å². The van der Waals surface area contributed by atoms with E-state index in [1.807, 2.05) is 62.4 Å². The van der Waals surface area contributed by atoms with Crippen molar-refractivity contribution in [3.63, 3.8) is 0 Å². The lowest BCUT2D eigenvalue weighted by Gasteiger charge is -2.18. The van der Waals surface area contributed by atoms with Crippen molar-refractivity contribution in [3.8, 4) is 22.9 Å². The third kappa shape index (κ3) is 6.89. The second-order valence-electron chi connectivity index (χ2n) is 10.4. The first-order valence-electron chi connectivity index (χ1n) is 14.0. The van der Waals surface area contributed by atoms with Gasteiger partial charge in [0.05, 0.1) is 33.8 Å². The van der Waals surface area contributed by atoms with Crippen LogP contribution in [0.15, 0.2) is 85.6 Å². The van der Waals surface area contributed by atoms with Crippen LogP contribution in [0.3, 0.4) is 0 Å². The minimum atomic E-state index is -0.293. The minimum Gasteiger partial charge on any atom is -0.494 e. The number of nitrogens with zero attached hydrogens (tertiary/aromatic N) is 3. The molecule has 0 aliphatic rings. The molecule has 0 unspecified atom stereocenters. The zero-order chi connectivity index (χ0) is 31.5.